The second-order valence-electron chi connectivity index (χ2n) is 9.15. The molecule has 222 valence electrons. The molecule has 2 aromatic heterocycles. The number of aromatic nitrogens is 3. The van der Waals surface area contributed by atoms with Gasteiger partial charge in [0, 0.05) is 13.1 Å². The number of anilines is 1. The Kier molecular flexibility index (Phi) is 8.11. The lowest BCUT2D eigenvalue weighted by atomic mass is 9.95. The summed E-state index contributed by atoms with van der Waals surface area (Å²) < 4.78 is 118. The van der Waals surface area contributed by atoms with E-state index in [0.29, 0.717) is 6.07 Å². The Bertz CT molecular complexity index is 1410. The van der Waals surface area contributed by atoms with Crippen LogP contribution in [-0.4, -0.2) is 50.4 Å². The van der Waals surface area contributed by atoms with Crippen LogP contribution >= 0.6 is 0 Å². The molecule has 4 rings (SSSR count). The van der Waals surface area contributed by atoms with Crippen LogP contribution in [-0.2, 0) is 18.3 Å². The van der Waals surface area contributed by atoms with Gasteiger partial charge in [0.15, 0.2) is 5.69 Å². The van der Waals surface area contributed by atoms with Gasteiger partial charge in [0.05, 0.1) is 11.3 Å². The number of nitrogens with two attached hydrogens (primary N) is 1. The maximum atomic E-state index is 14.0. The number of ether oxygens (including phenoxy) is 1. The van der Waals surface area contributed by atoms with E-state index in [1.54, 1.807) is 0 Å². The van der Waals surface area contributed by atoms with Gasteiger partial charge < -0.3 is 24.9 Å². The zero-order valence-corrected chi connectivity index (χ0v) is 20.8. The molecule has 17 heteroatoms. The van der Waals surface area contributed by atoms with Gasteiger partial charge in [0.25, 0.3) is 17.7 Å². The summed E-state index contributed by atoms with van der Waals surface area (Å²) in [7, 11) is 0. The zero-order chi connectivity index (χ0) is 30.2. The number of aliphatic hydroxyl groups is 1. The average Bonchev–Trinajstić information content (AvgIpc) is 3.36. The van der Waals surface area contributed by atoms with Crippen molar-refractivity contribution >= 4 is 11.6 Å². The Hall–Kier alpha value is -4.02. The number of nitrogen functional groups attached to an aromatic ring is 1. The lowest BCUT2D eigenvalue weighted by molar-refractivity contribution is -0.277. The van der Waals surface area contributed by atoms with Gasteiger partial charge in [-0.15, -0.1) is 10.2 Å². The molecule has 1 aliphatic rings. The van der Waals surface area contributed by atoms with Gasteiger partial charge in [-0.25, -0.2) is 4.98 Å². The standard InChI is InChI=1S/C24H21F8N5O4/c25-21(26)40-13-6-4-5-12(9-13)11-37-8-3-1-2-7-22(39,24(30,31)32)20-36-35-18(41-20)17-15(33)10-14(23(27,28)29)16(34-17)19(37)38/h4-6,9-10,21,39H,1-3,7-8,11,33H2/t22-/m1/s1. The normalized spacial score (nSPS) is 18.9. The Morgan fingerprint density at radius 3 is 2.46 bits per heavy atom. The van der Waals surface area contributed by atoms with Crippen LogP contribution in [0.15, 0.2) is 34.7 Å². The van der Waals surface area contributed by atoms with E-state index in [-0.39, 0.29) is 37.1 Å². The number of fused-ring (bicyclic) bond motifs is 5. The Morgan fingerprint density at radius 1 is 1.07 bits per heavy atom. The summed E-state index contributed by atoms with van der Waals surface area (Å²) in [5.74, 6) is -3.63. The molecular weight excluding hydrogens is 574 g/mol. The van der Waals surface area contributed by atoms with Crippen molar-refractivity contribution in [3.63, 3.8) is 0 Å². The minimum Gasteiger partial charge on any atom is -0.435 e. The number of amides is 1. The first-order valence-corrected chi connectivity index (χ1v) is 11.9. The Labute approximate surface area is 225 Å². The maximum Gasteiger partial charge on any atom is 0.426 e. The van der Waals surface area contributed by atoms with E-state index >= 15 is 0 Å². The van der Waals surface area contributed by atoms with E-state index < -0.39 is 77.9 Å². The Morgan fingerprint density at radius 2 is 1.80 bits per heavy atom. The number of nitrogens with zero attached hydrogens (tertiary/aromatic N) is 4. The van der Waals surface area contributed by atoms with Crippen LogP contribution in [0, 0.1) is 0 Å². The number of alkyl halides is 8. The fraction of sp³-hybridized carbons (Fsp3) is 0.417. The predicted octanol–water partition coefficient (Wildman–Crippen LogP) is 5.30. The molecule has 0 spiro atoms. The third kappa shape index (κ3) is 6.34. The summed E-state index contributed by atoms with van der Waals surface area (Å²) in [5, 5.41) is 17.1. The number of hydrogen-bond acceptors (Lipinski definition) is 8. The quantitative estimate of drug-likeness (QED) is 0.389. The summed E-state index contributed by atoms with van der Waals surface area (Å²) in [6.07, 6.45) is -11.6. The third-order valence-corrected chi connectivity index (χ3v) is 6.26. The maximum absolute atomic E-state index is 14.0. The van der Waals surface area contributed by atoms with Gasteiger partial charge in [-0.1, -0.05) is 18.6 Å². The fourth-order valence-corrected chi connectivity index (χ4v) is 4.24. The lowest BCUT2D eigenvalue weighted by Crippen LogP contribution is -2.42. The summed E-state index contributed by atoms with van der Waals surface area (Å²) in [6, 6.07) is 5.45. The van der Waals surface area contributed by atoms with Crippen LogP contribution in [0.25, 0.3) is 11.6 Å². The number of carbonyl (C=O) groups is 1. The van der Waals surface area contributed by atoms with E-state index in [2.05, 4.69) is 19.9 Å². The number of benzene rings is 1. The minimum atomic E-state index is -5.26. The van der Waals surface area contributed by atoms with Crippen LogP contribution < -0.4 is 10.5 Å². The first-order valence-electron chi connectivity index (χ1n) is 11.9. The van der Waals surface area contributed by atoms with Crippen LogP contribution in [0.4, 0.5) is 40.8 Å². The molecule has 3 aromatic rings. The SMILES string of the molecule is Nc1cc(C(F)(F)F)c2nc1-c1nnc(o1)[C@@](O)(C(F)(F)F)CCCCCN(Cc1cccc(OC(F)F)c1)C2=O. The summed E-state index contributed by atoms with van der Waals surface area (Å²) >= 11 is 0. The summed E-state index contributed by atoms with van der Waals surface area (Å²) in [6.45, 7) is -3.82. The number of halogens is 8. The second kappa shape index (κ2) is 11.1. The number of carbonyl (C=O) groups excluding carboxylic acids is 1. The molecule has 1 aliphatic heterocycles. The number of rotatable bonds is 4. The molecule has 0 aliphatic carbocycles. The van der Waals surface area contributed by atoms with E-state index in [9.17, 15) is 45.0 Å². The number of hydrogen-bond donors (Lipinski definition) is 2. The first kappa shape index (κ1) is 30.0. The molecule has 3 N–H and O–H groups in total. The smallest absolute Gasteiger partial charge is 0.426 e. The van der Waals surface area contributed by atoms with Gasteiger partial charge >= 0.3 is 19.0 Å². The van der Waals surface area contributed by atoms with Gasteiger partial charge in [-0.3, -0.25) is 4.79 Å². The molecule has 0 saturated carbocycles. The molecule has 0 saturated heterocycles. The molecule has 3 heterocycles. The molecule has 1 aromatic carbocycles. The van der Waals surface area contributed by atoms with Crippen molar-refractivity contribution in [3.8, 4) is 17.3 Å². The second-order valence-corrected chi connectivity index (χ2v) is 9.15. The minimum absolute atomic E-state index is 0.00876. The van der Waals surface area contributed by atoms with E-state index in [4.69, 9.17) is 10.2 Å². The fourth-order valence-electron chi connectivity index (χ4n) is 4.24. The van der Waals surface area contributed by atoms with Crippen molar-refractivity contribution in [3.05, 3.63) is 53.0 Å². The van der Waals surface area contributed by atoms with Crippen molar-refractivity contribution in [1.82, 2.24) is 20.1 Å². The topological polar surface area (TPSA) is 128 Å². The van der Waals surface area contributed by atoms with Gasteiger partial charge in [0.2, 0.25) is 5.60 Å². The van der Waals surface area contributed by atoms with Gasteiger partial charge in [-0.2, -0.15) is 35.1 Å². The molecule has 1 atom stereocenters. The van der Waals surface area contributed by atoms with Gasteiger partial charge in [0.1, 0.15) is 11.4 Å². The highest BCUT2D eigenvalue weighted by Gasteiger charge is 2.58. The predicted molar refractivity (Wildman–Crippen MR) is 123 cm³/mol. The van der Waals surface area contributed by atoms with Crippen LogP contribution in [0.3, 0.4) is 0 Å². The summed E-state index contributed by atoms with van der Waals surface area (Å²) in [4.78, 5) is 18.2. The highest BCUT2D eigenvalue weighted by atomic mass is 19.4. The van der Waals surface area contributed by atoms with Crippen molar-refractivity contribution in [2.45, 2.75) is 56.8 Å². The van der Waals surface area contributed by atoms with Gasteiger partial charge in [-0.05, 0) is 43.0 Å². The molecule has 0 radical (unpaired) electrons. The Balaban J connectivity index is 1.83. The molecule has 4 bridgehead atoms. The lowest BCUT2D eigenvalue weighted by Gasteiger charge is -2.28. The molecule has 0 fully saturated rings. The largest absolute Gasteiger partial charge is 0.435 e. The third-order valence-electron chi connectivity index (χ3n) is 6.26. The zero-order valence-electron chi connectivity index (χ0n) is 20.8. The first-order chi connectivity index (χ1) is 19.1. The van der Waals surface area contributed by atoms with Crippen molar-refractivity contribution in [2.75, 3.05) is 12.3 Å². The molecule has 9 nitrogen and oxygen atoms in total. The summed E-state index contributed by atoms with van der Waals surface area (Å²) in [5.41, 5.74) is -1.82. The van der Waals surface area contributed by atoms with Crippen LogP contribution in [0.2, 0.25) is 0 Å². The van der Waals surface area contributed by atoms with Crippen LogP contribution in [0.1, 0.15) is 53.2 Å². The molecular formula is C24H21F8N5O4. The highest BCUT2D eigenvalue weighted by molar-refractivity contribution is 5.95. The average molecular weight is 595 g/mol. The monoisotopic (exact) mass is 595 g/mol. The highest BCUT2D eigenvalue weighted by Crippen LogP contribution is 2.43. The molecule has 41 heavy (non-hydrogen) atoms. The number of pyridine rings is 1. The van der Waals surface area contributed by atoms with E-state index in [0.717, 1.165) is 11.0 Å². The van der Waals surface area contributed by atoms with E-state index in [1.807, 2.05) is 0 Å². The van der Waals surface area contributed by atoms with Crippen LogP contribution in [0.5, 0.6) is 5.75 Å². The van der Waals surface area contributed by atoms with Crippen molar-refractivity contribution in [2.24, 2.45) is 0 Å². The van der Waals surface area contributed by atoms with Crippen molar-refractivity contribution < 1.29 is 54.2 Å². The van der Waals surface area contributed by atoms with Crippen molar-refractivity contribution in [1.29, 1.82) is 0 Å². The van der Waals surface area contributed by atoms with E-state index in [1.165, 1.54) is 18.2 Å². The molecule has 1 amide bonds. The molecule has 0 unspecified atom stereocenters.